The second-order valence-corrected chi connectivity index (χ2v) is 12.5. The second kappa shape index (κ2) is 19.1. The van der Waals surface area contributed by atoms with Crippen LogP contribution < -0.4 is 27.0 Å². The first kappa shape index (κ1) is 39.5. The molecular weight excluding hydrogens is 594 g/mol. The maximum absolute atomic E-state index is 13.2. The van der Waals surface area contributed by atoms with Gasteiger partial charge in [-0.05, 0) is 48.3 Å². The SMILES string of the molecule is C=[N+](C)C(=O)[C@H](NC(=O)[C@@H](C(C)C)N(C)C(=O)OCc1ccc(NC(=O)[C@@H](CCCNC(N)=O)NC(=O)CC(C)C)cc1)C(C)C. The van der Waals surface area contributed by atoms with Crippen molar-refractivity contribution < 1.29 is 38.1 Å². The minimum absolute atomic E-state index is 0.0933. The van der Waals surface area contributed by atoms with Crippen LogP contribution in [-0.2, 0) is 30.5 Å². The Hall–Kier alpha value is -4.49. The van der Waals surface area contributed by atoms with Crippen LogP contribution in [0.5, 0.6) is 0 Å². The molecule has 14 nitrogen and oxygen atoms in total. The number of ether oxygens (including phenoxy) is 1. The highest BCUT2D eigenvalue weighted by atomic mass is 16.6. The molecule has 0 aliphatic rings. The zero-order valence-corrected chi connectivity index (χ0v) is 28.3. The number of nitrogens with two attached hydrogens (primary N) is 1. The lowest BCUT2D eigenvalue weighted by Crippen LogP contribution is -2.56. The summed E-state index contributed by atoms with van der Waals surface area (Å²) < 4.78 is 6.63. The number of likely N-dealkylation sites (N-methyl/N-ethyl adjacent to an activating group) is 2. The van der Waals surface area contributed by atoms with E-state index < -0.39 is 42.1 Å². The first-order chi connectivity index (χ1) is 21.4. The lowest BCUT2D eigenvalue weighted by molar-refractivity contribution is -0.413. The fraction of sp³-hybridized carbons (Fsp3) is 0.594. The van der Waals surface area contributed by atoms with Gasteiger partial charge >= 0.3 is 18.0 Å². The number of hydrogen-bond acceptors (Lipinski definition) is 7. The largest absolute Gasteiger partial charge is 0.445 e. The molecule has 14 heteroatoms. The fourth-order valence-corrected chi connectivity index (χ4v) is 4.60. The van der Waals surface area contributed by atoms with E-state index in [1.54, 1.807) is 38.1 Å². The number of amides is 7. The monoisotopic (exact) mass is 646 g/mol. The third kappa shape index (κ3) is 13.7. The number of primary amides is 1. The van der Waals surface area contributed by atoms with Crippen molar-refractivity contribution in [2.45, 2.75) is 85.5 Å². The van der Waals surface area contributed by atoms with Gasteiger partial charge in [0, 0.05) is 25.7 Å². The van der Waals surface area contributed by atoms with Crippen LogP contribution in [-0.4, -0.2) is 90.7 Å². The summed E-state index contributed by atoms with van der Waals surface area (Å²) in [6.07, 6.45) is 0.249. The van der Waals surface area contributed by atoms with Crippen molar-refractivity contribution in [3.05, 3.63) is 29.8 Å². The maximum Gasteiger partial charge on any atom is 0.410 e. The molecule has 0 radical (unpaired) electrons. The van der Waals surface area contributed by atoms with Gasteiger partial charge in [0.1, 0.15) is 32.5 Å². The van der Waals surface area contributed by atoms with E-state index in [-0.39, 0.29) is 55.6 Å². The highest BCUT2D eigenvalue weighted by molar-refractivity contribution is 5.97. The topological polar surface area (TPSA) is 192 Å². The van der Waals surface area contributed by atoms with Gasteiger partial charge in [0.15, 0.2) is 6.04 Å². The fourth-order valence-electron chi connectivity index (χ4n) is 4.60. The molecule has 0 fully saturated rings. The Bertz CT molecular complexity index is 1230. The molecule has 256 valence electrons. The molecule has 1 aromatic carbocycles. The van der Waals surface area contributed by atoms with E-state index in [0.29, 0.717) is 17.7 Å². The van der Waals surface area contributed by atoms with Crippen LogP contribution in [0.15, 0.2) is 24.3 Å². The maximum atomic E-state index is 13.2. The van der Waals surface area contributed by atoms with Crippen molar-refractivity contribution in [2.24, 2.45) is 23.5 Å². The van der Waals surface area contributed by atoms with Crippen molar-refractivity contribution in [3.63, 3.8) is 0 Å². The average Bonchev–Trinajstić information content (AvgIpc) is 2.95. The summed E-state index contributed by atoms with van der Waals surface area (Å²) in [4.78, 5) is 76.2. The van der Waals surface area contributed by atoms with Crippen LogP contribution >= 0.6 is 0 Å². The number of rotatable bonds is 17. The molecule has 1 rings (SSSR count). The molecule has 7 amide bonds. The normalized spacial score (nSPS) is 12.9. The molecule has 0 aliphatic heterocycles. The number of anilines is 1. The predicted octanol–water partition coefficient (Wildman–Crippen LogP) is 2.21. The van der Waals surface area contributed by atoms with Crippen molar-refractivity contribution in [2.75, 3.05) is 26.0 Å². The lowest BCUT2D eigenvalue weighted by Gasteiger charge is -2.31. The summed E-state index contributed by atoms with van der Waals surface area (Å²) in [5.74, 6) is -1.86. The first-order valence-electron chi connectivity index (χ1n) is 15.4. The second-order valence-electron chi connectivity index (χ2n) is 12.5. The minimum Gasteiger partial charge on any atom is -0.445 e. The number of carbonyl (C=O) groups is 6. The predicted molar refractivity (Wildman–Crippen MR) is 175 cm³/mol. The van der Waals surface area contributed by atoms with Gasteiger partial charge in [0.2, 0.25) is 17.7 Å². The molecule has 3 atom stereocenters. The van der Waals surface area contributed by atoms with E-state index in [1.165, 1.54) is 23.6 Å². The first-order valence-corrected chi connectivity index (χ1v) is 15.4. The Morgan fingerprint density at radius 3 is 2.04 bits per heavy atom. The molecule has 0 bridgehead atoms. The number of hydrogen-bond donors (Lipinski definition) is 5. The molecule has 0 aliphatic carbocycles. The van der Waals surface area contributed by atoms with Crippen LogP contribution in [0.4, 0.5) is 15.3 Å². The minimum atomic E-state index is -0.894. The van der Waals surface area contributed by atoms with Gasteiger partial charge < -0.3 is 31.7 Å². The number of nitrogens with zero attached hydrogens (tertiary/aromatic N) is 2. The highest BCUT2D eigenvalue weighted by Crippen LogP contribution is 2.16. The molecular formula is C32H52N7O7+. The Morgan fingerprint density at radius 2 is 1.54 bits per heavy atom. The molecule has 0 spiro atoms. The molecule has 0 unspecified atom stereocenters. The summed E-state index contributed by atoms with van der Waals surface area (Å²) in [5.41, 5.74) is 6.19. The molecule has 1 aromatic rings. The van der Waals surface area contributed by atoms with Crippen LogP contribution in [0.2, 0.25) is 0 Å². The summed E-state index contributed by atoms with van der Waals surface area (Å²) in [6.45, 7) is 14.8. The Kier molecular flexibility index (Phi) is 16.4. The van der Waals surface area contributed by atoms with E-state index in [2.05, 4.69) is 28.0 Å². The van der Waals surface area contributed by atoms with Gasteiger partial charge in [-0.2, -0.15) is 4.58 Å². The van der Waals surface area contributed by atoms with Crippen molar-refractivity contribution >= 4 is 48.2 Å². The molecule has 0 aromatic heterocycles. The van der Waals surface area contributed by atoms with Crippen LogP contribution in [0.25, 0.3) is 0 Å². The van der Waals surface area contributed by atoms with Gasteiger partial charge in [-0.25, -0.2) is 14.4 Å². The van der Waals surface area contributed by atoms with Gasteiger partial charge in [-0.1, -0.05) is 53.7 Å². The van der Waals surface area contributed by atoms with Crippen molar-refractivity contribution in [3.8, 4) is 0 Å². The molecule has 0 saturated heterocycles. The zero-order chi connectivity index (χ0) is 35.1. The summed E-state index contributed by atoms with van der Waals surface area (Å²) in [5, 5.41) is 10.8. The Balaban J connectivity index is 2.85. The van der Waals surface area contributed by atoms with Crippen molar-refractivity contribution in [1.29, 1.82) is 0 Å². The Morgan fingerprint density at radius 1 is 0.935 bits per heavy atom. The van der Waals surface area contributed by atoms with Gasteiger partial charge in [0.25, 0.3) is 0 Å². The molecule has 6 N–H and O–H groups in total. The lowest BCUT2D eigenvalue weighted by atomic mass is 9.99. The molecule has 0 saturated carbocycles. The smallest absolute Gasteiger partial charge is 0.410 e. The average molecular weight is 647 g/mol. The van der Waals surface area contributed by atoms with Crippen LogP contribution in [0.1, 0.15) is 66.4 Å². The van der Waals surface area contributed by atoms with Gasteiger partial charge in [-0.15, -0.1) is 0 Å². The Labute approximate surface area is 271 Å². The standard InChI is InChI=1S/C32H51N7O7/c1-19(2)17-25(40)36-24(11-10-16-34-31(33)44)28(41)35-23-14-12-22(13-15-23)18-46-32(45)39(9)27(21(5)6)29(42)37-26(20(3)4)30(43)38(7)8/h12-15,19-21,24,26-27H,7,10-11,16-18H2,1-6,8-9H3,(H5-,33,34,35,36,37,40,41,42,44)/p+1/t24-,26-,27-/m1/s1. The third-order valence-electron chi connectivity index (χ3n) is 7.01. The number of urea groups is 1. The molecule has 0 heterocycles. The van der Waals surface area contributed by atoms with Gasteiger partial charge in [-0.3, -0.25) is 19.3 Å². The van der Waals surface area contributed by atoms with Gasteiger partial charge in [0.05, 0.1) is 0 Å². The zero-order valence-electron chi connectivity index (χ0n) is 28.3. The van der Waals surface area contributed by atoms with E-state index in [0.717, 1.165) is 0 Å². The number of benzene rings is 1. The summed E-state index contributed by atoms with van der Waals surface area (Å²) >= 11 is 0. The number of carbonyl (C=O) groups excluding carboxylic acids is 6. The highest BCUT2D eigenvalue weighted by Gasteiger charge is 2.36. The summed E-state index contributed by atoms with van der Waals surface area (Å²) in [6, 6.07) is 3.44. The third-order valence-corrected chi connectivity index (χ3v) is 7.01. The van der Waals surface area contributed by atoms with Crippen molar-refractivity contribution in [1.82, 2.24) is 20.9 Å². The van der Waals surface area contributed by atoms with E-state index in [1.807, 2.05) is 27.7 Å². The molecule has 46 heavy (non-hydrogen) atoms. The van der Waals surface area contributed by atoms with Crippen LogP contribution in [0, 0.1) is 17.8 Å². The van der Waals surface area contributed by atoms with E-state index in [4.69, 9.17) is 10.5 Å². The van der Waals surface area contributed by atoms with Crippen LogP contribution in [0.3, 0.4) is 0 Å². The van der Waals surface area contributed by atoms with E-state index >= 15 is 0 Å². The van der Waals surface area contributed by atoms with E-state index in [9.17, 15) is 28.8 Å². The summed E-state index contributed by atoms with van der Waals surface area (Å²) in [7, 11) is 2.97. The quantitative estimate of drug-likeness (QED) is 0.0973. The number of nitrogens with one attached hydrogen (secondary N) is 4.